The number of hydroxylamine groups is 1. The number of aromatic nitrogens is 1. The van der Waals surface area contributed by atoms with Crippen LogP contribution in [0.25, 0.3) is 0 Å². The fraction of sp³-hybridized carbons (Fsp3) is 0.250. The van der Waals surface area contributed by atoms with Crippen LogP contribution in [0.1, 0.15) is 22.5 Å². The Morgan fingerprint density at radius 1 is 1.33 bits per heavy atom. The second-order valence-corrected chi connectivity index (χ2v) is 6.27. The van der Waals surface area contributed by atoms with Gasteiger partial charge >= 0.3 is 0 Å². The number of carbonyl (C=O) groups is 1. The van der Waals surface area contributed by atoms with Gasteiger partial charge in [-0.05, 0) is 31.0 Å². The highest BCUT2D eigenvalue weighted by Crippen LogP contribution is 2.28. The Kier molecular flexibility index (Phi) is 4.68. The van der Waals surface area contributed by atoms with Crippen LogP contribution in [-0.2, 0) is 17.8 Å². The quantitative estimate of drug-likeness (QED) is 0.780. The van der Waals surface area contributed by atoms with Crippen molar-refractivity contribution in [3.05, 3.63) is 56.2 Å². The van der Waals surface area contributed by atoms with Crippen molar-refractivity contribution in [1.29, 1.82) is 0 Å². The number of fused-ring (bicyclic) bond motifs is 1. The van der Waals surface area contributed by atoms with Crippen LogP contribution in [-0.4, -0.2) is 17.6 Å². The summed E-state index contributed by atoms with van der Waals surface area (Å²) in [6.07, 6.45) is 1.37. The van der Waals surface area contributed by atoms with Crippen LogP contribution in [0, 0.1) is 5.82 Å². The Morgan fingerprint density at radius 2 is 2.12 bits per heavy atom. The van der Waals surface area contributed by atoms with Crippen LogP contribution in [0.4, 0.5) is 15.8 Å². The number of hydrogen-bond donors (Lipinski definition) is 2. The molecule has 6 nitrogen and oxygen atoms in total. The Hall–Kier alpha value is -2.19. The molecule has 0 bridgehead atoms. The maximum Gasteiger partial charge on any atom is 0.278 e. The molecule has 0 saturated heterocycles. The van der Waals surface area contributed by atoms with Gasteiger partial charge in [-0.25, -0.2) is 9.87 Å². The van der Waals surface area contributed by atoms with E-state index in [1.807, 2.05) is 0 Å². The Morgan fingerprint density at radius 3 is 2.83 bits per heavy atom. The summed E-state index contributed by atoms with van der Waals surface area (Å²) in [6.45, 7) is 0.564. The molecule has 24 heavy (non-hydrogen) atoms. The topological polar surface area (TPSA) is 72.4 Å². The van der Waals surface area contributed by atoms with Crippen molar-refractivity contribution in [3.63, 3.8) is 0 Å². The first-order chi connectivity index (χ1) is 11.5. The first-order valence-corrected chi connectivity index (χ1v) is 8.12. The monoisotopic (exact) mass is 395 g/mol. The van der Waals surface area contributed by atoms with Gasteiger partial charge in [0.05, 0.1) is 24.0 Å². The van der Waals surface area contributed by atoms with E-state index >= 15 is 0 Å². The number of amides is 1. The molecule has 1 aromatic carbocycles. The van der Waals surface area contributed by atoms with E-state index in [9.17, 15) is 14.0 Å². The minimum Gasteiger partial charge on any atom is -0.352 e. The molecule has 1 aliphatic heterocycles. The molecule has 0 fully saturated rings. The molecule has 0 radical (unpaired) electrons. The standard InChI is InChI=1S/C16H15BrFN3O3/c1-24-20-16(23)15-12(8-14(22)21-6-2-3-13(15)21)19-11-5-4-9(17)7-10(11)18/h4-5,7-8,19H,2-3,6H2,1H3,(H,20,23). The number of nitrogens with zero attached hydrogens (tertiary/aromatic N) is 1. The van der Waals surface area contributed by atoms with Crippen molar-refractivity contribution in [2.24, 2.45) is 0 Å². The highest BCUT2D eigenvalue weighted by molar-refractivity contribution is 9.10. The smallest absolute Gasteiger partial charge is 0.278 e. The van der Waals surface area contributed by atoms with Gasteiger partial charge in [-0.2, -0.15) is 0 Å². The number of carbonyl (C=O) groups excluding carboxylic acids is 1. The van der Waals surface area contributed by atoms with Gasteiger partial charge in [0.15, 0.2) is 0 Å². The van der Waals surface area contributed by atoms with Crippen molar-refractivity contribution in [3.8, 4) is 0 Å². The summed E-state index contributed by atoms with van der Waals surface area (Å²) < 4.78 is 16.2. The van der Waals surface area contributed by atoms with E-state index < -0.39 is 11.7 Å². The van der Waals surface area contributed by atoms with E-state index in [2.05, 4.69) is 26.7 Å². The molecule has 0 aliphatic carbocycles. The van der Waals surface area contributed by atoms with E-state index in [4.69, 9.17) is 4.84 Å². The Bertz CT molecular complexity index is 866. The molecule has 8 heteroatoms. The fourth-order valence-electron chi connectivity index (χ4n) is 2.84. The second kappa shape index (κ2) is 6.74. The van der Waals surface area contributed by atoms with E-state index in [1.165, 1.54) is 25.3 Å². The van der Waals surface area contributed by atoms with Crippen molar-refractivity contribution in [2.75, 3.05) is 12.4 Å². The summed E-state index contributed by atoms with van der Waals surface area (Å²) in [5.74, 6) is -0.980. The number of rotatable bonds is 4. The highest BCUT2D eigenvalue weighted by atomic mass is 79.9. The molecule has 0 spiro atoms. The van der Waals surface area contributed by atoms with Crippen molar-refractivity contribution in [1.82, 2.24) is 10.0 Å². The van der Waals surface area contributed by atoms with Gasteiger partial charge in [0.2, 0.25) is 0 Å². The summed E-state index contributed by atoms with van der Waals surface area (Å²) in [5, 5.41) is 2.85. The van der Waals surface area contributed by atoms with Crippen molar-refractivity contribution >= 4 is 33.2 Å². The van der Waals surface area contributed by atoms with Gasteiger partial charge in [0.1, 0.15) is 5.82 Å². The molecule has 1 aliphatic rings. The predicted octanol–water partition coefficient (Wildman–Crippen LogP) is 2.73. The molecule has 0 unspecified atom stereocenters. The van der Waals surface area contributed by atoms with Gasteiger partial charge in [-0.3, -0.25) is 14.4 Å². The SMILES string of the molecule is CONC(=O)c1c(Nc2ccc(Br)cc2F)cc(=O)n2c1CCC2. The molecule has 2 heterocycles. The maximum absolute atomic E-state index is 14.1. The third kappa shape index (κ3) is 3.07. The summed E-state index contributed by atoms with van der Waals surface area (Å²) >= 11 is 3.19. The van der Waals surface area contributed by atoms with E-state index in [0.717, 1.165) is 6.42 Å². The molecule has 1 amide bonds. The maximum atomic E-state index is 14.1. The molecular formula is C16H15BrFN3O3. The van der Waals surface area contributed by atoms with Crippen LogP contribution in [0.15, 0.2) is 33.5 Å². The van der Waals surface area contributed by atoms with E-state index in [0.29, 0.717) is 23.1 Å². The average Bonchev–Trinajstić information content (AvgIpc) is 3.00. The first-order valence-electron chi connectivity index (χ1n) is 7.33. The molecule has 2 aromatic rings. The zero-order valence-corrected chi connectivity index (χ0v) is 14.4. The van der Waals surface area contributed by atoms with Gasteiger partial charge < -0.3 is 9.88 Å². The highest BCUT2D eigenvalue weighted by Gasteiger charge is 2.25. The molecule has 3 rings (SSSR count). The summed E-state index contributed by atoms with van der Waals surface area (Å²) in [7, 11) is 1.33. The lowest BCUT2D eigenvalue weighted by Gasteiger charge is -2.16. The first kappa shape index (κ1) is 16.7. The number of anilines is 2. The molecular weight excluding hydrogens is 381 g/mol. The van der Waals surface area contributed by atoms with Gasteiger partial charge in [0, 0.05) is 22.8 Å². The third-order valence-electron chi connectivity index (χ3n) is 3.84. The fourth-order valence-corrected chi connectivity index (χ4v) is 3.17. The van der Waals surface area contributed by atoms with Crippen LogP contribution >= 0.6 is 15.9 Å². The minimum absolute atomic E-state index is 0.173. The average molecular weight is 396 g/mol. The molecule has 0 saturated carbocycles. The predicted molar refractivity (Wildman–Crippen MR) is 90.9 cm³/mol. The number of halogens is 2. The zero-order chi connectivity index (χ0) is 17.3. The Labute approximate surface area is 145 Å². The van der Waals surface area contributed by atoms with Crippen LogP contribution in [0.2, 0.25) is 0 Å². The largest absolute Gasteiger partial charge is 0.352 e. The third-order valence-corrected chi connectivity index (χ3v) is 4.33. The number of hydrogen-bond acceptors (Lipinski definition) is 4. The number of nitrogens with one attached hydrogen (secondary N) is 2. The minimum atomic E-state index is -0.497. The van der Waals surface area contributed by atoms with Crippen LogP contribution < -0.4 is 16.4 Å². The zero-order valence-electron chi connectivity index (χ0n) is 12.9. The van der Waals surface area contributed by atoms with Gasteiger partial charge in [-0.1, -0.05) is 15.9 Å². The van der Waals surface area contributed by atoms with Gasteiger partial charge in [0.25, 0.3) is 11.5 Å². The number of benzene rings is 1. The normalized spacial score (nSPS) is 12.8. The Balaban J connectivity index is 2.11. The molecule has 1 aromatic heterocycles. The lowest BCUT2D eigenvalue weighted by atomic mass is 10.1. The van der Waals surface area contributed by atoms with Crippen molar-refractivity contribution < 1.29 is 14.0 Å². The number of pyridine rings is 1. The molecule has 0 atom stereocenters. The summed E-state index contributed by atoms with van der Waals surface area (Å²) in [4.78, 5) is 29.3. The lowest BCUT2D eigenvalue weighted by Crippen LogP contribution is -2.29. The molecule has 2 N–H and O–H groups in total. The van der Waals surface area contributed by atoms with Crippen LogP contribution in [0.3, 0.4) is 0 Å². The summed E-state index contributed by atoms with van der Waals surface area (Å²) in [6, 6.07) is 5.81. The van der Waals surface area contributed by atoms with E-state index in [1.54, 1.807) is 10.6 Å². The van der Waals surface area contributed by atoms with Crippen molar-refractivity contribution in [2.45, 2.75) is 19.4 Å². The summed E-state index contributed by atoms with van der Waals surface area (Å²) in [5.41, 5.74) is 3.38. The van der Waals surface area contributed by atoms with Gasteiger partial charge in [-0.15, -0.1) is 0 Å². The van der Waals surface area contributed by atoms with E-state index in [-0.39, 0.29) is 22.5 Å². The lowest BCUT2D eigenvalue weighted by molar-refractivity contribution is 0.0537. The molecule has 126 valence electrons. The second-order valence-electron chi connectivity index (χ2n) is 5.36. The van der Waals surface area contributed by atoms with Crippen LogP contribution in [0.5, 0.6) is 0 Å².